The Balaban J connectivity index is 5.25. The van der Waals surface area contributed by atoms with Gasteiger partial charge in [0, 0.05) is 25.7 Å². The van der Waals surface area contributed by atoms with Crippen LogP contribution in [-0.2, 0) is 65.4 Å². The Hall–Kier alpha value is -1.94. The van der Waals surface area contributed by atoms with E-state index in [0.717, 1.165) is 108 Å². The zero-order chi connectivity index (χ0) is 81.5. The van der Waals surface area contributed by atoms with Crippen LogP contribution >= 0.6 is 15.6 Å². The quantitative estimate of drug-likeness (QED) is 0.0222. The number of esters is 4. The molecule has 17 nitrogen and oxygen atoms in total. The number of aliphatic hydroxyl groups excluding tert-OH is 1. The van der Waals surface area contributed by atoms with Crippen molar-refractivity contribution in [2.45, 2.75) is 510 Å². The van der Waals surface area contributed by atoms with Gasteiger partial charge in [0.25, 0.3) is 0 Å². The molecule has 0 radical (unpaired) electrons. The van der Waals surface area contributed by atoms with Crippen LogP contribution in [0.25, 0.3) is 0 Å². The molecule has 3 N–H and O–H groups in total. The smallest absolute Gasteiger partial charge is 0.462 e. The van der Waals surface area contributed by atoms with Crippen molar-refractivity contribution >= 4 is 39.5 Å². The predicted molar refractivity (Wildman–Crippen MR) is 460 cm³/mol. The summed E-state index contributed by atoms with van der Waals surface area (Å²) in [6.07, 6.45) is 75.0. The zero-order valence-electron chi connectivity index (χ0n) is 73.4. The minimum absolute atomic E-state index is 0.108. The molecule has 0 spiro atoms. The molecule has 0 rings (SSSR count). The molecule has 0 aliphatic carbocycles. The maximum atomic E-state index is 13.2. The molecular formula is C92H180O17P2. The number of phosphoric ester groups is 2. The summed E-state index contributed by atoms with van der Waals surface area (Å²) in [6.45, 7) is 12.1. The highest BCUT2D eigenvalue weighted by Crippen LogP contribution is 2.45. The second-order valence-corrected chi connectivity index (χ2v) is 36.9. The predicted octanol–water partition coefficient (Wildman–Crippen LogP) is 28.4. The summed E-state index contributed by atoms with van der Waals surface area (Å²) in [5.74, 6) is 0.375. The number of ether oxygens (including phenoxy) is 4. The minimum Gasteiger partial charge on any atom is -0.462 e. The highest BCUT2D eigenvalue weighted by molar-refractivity contribution is 7.47. The van der Waals surface area contributed by atoms with Crippen LogP contribution in [-0.4, -0.2) is 96.7 Å². The van der Waals surface area contributed by atoms with Crippen LogP contribution in [0, 0.1) is 17.8 Å². The van der Waals surface area contributed by atoms with Crippen molar-refractivity contribution < 1.29 is 80.2 Å². The first-order chi connectivity index (χ1) is 53.8. The molecule has 0 bridgehead atoms. The fraction of sp³-hybridized carbons (Fsp3) is 0.957. The van der Waals surface area contributed by atoms with E-state index >= 15 is 0 Å². The number of carbonyl (C=O) groups is 4. The zero-order valence-corrected chi connectivity index (χ0v) is 75.2. The maximum absolute atomic E-state index is 13.2. The Morgan fingerprint density at radius 2 is 0.459 bits per heavy atom. The van der Waals surface area contributed by atoms with Gasteiger partial charge in [-0.1, -0.05) is 440 Å². The lowest BCUT2D eigenvalue weighted by atomic mass is 9.99. The maximum Gasteiger partial charge on any atom is 0.472 e. The molecule has 0 aliphatic heterocycles. The van der Waals surface area contributed by atoms with E-state index in [1.807, 2.05) is 0 Å². The Morgan fingerprint density at radius 1 is 0.261 bits per heavy atom. The first kappa shape index (κ1) is 109. The summed E-state index contributed by atoms with van der Waals surface area (Å²) in [5.41, 5.74) is 0. The molecule has 0 aromatic rings. The third kappa shape index (κ3) is 82.9. The number of aliphatic hydroxyl groups is 1. The van der Waals surface area contributed by atoms with Gasteiger partial charge < -0.3 is 33.8 Å². The Morgan fingerprint density at radius 3 is 0.685 bits per heavy atom. The van der Waals surface area contributed by atoms with Crippen molar-refractivity contribution in [2.24, 2.45) is 17.8 Å². The standard InChI is InChI=1S/C92H180O17P2/c1-8-11-12-13-14-15-16-17-18-29-35-40-45-54-61-68-75-92(97)109-88(80-103-90(95)74-67-60-53-48-47-51-58-65-72-85(7)10-3)82-107-111(100,101)105-78-86(93)77-104-110(98,99)106-81-87(79-102-89(94)73-66-59-52-44-39-34-30-25-21-19-23-27-32-37-42-49-56-63-70-83(4)5)108-91(96)76-69-62-55-46-41-36-31-26-22-20-24-28-33-38-43-50-57-64-71-84(6)9-2/h83-88,93H,8-82H2,1-7H3,(H,98,99)(H,100,101)/t84?,85?,86-,87-,88-/m1/s1. The summed E-state index contributed by atoms with van der Waals surface area (Å²) in [5, 5.41) is 10.7. The molecule has 7 atom stereocenters. The molecule has 0 aromatic carbocycles. The number of phosphoric acid groups is 2. The van der Waals surface area contributed by atoms with Crippen molar-refractivity contribution in [3.63, 3.8) is 0 Å². The average molecular weight is 1620 g/mol. The van der Waals surface area contributed by atoms with Crippen LogP contribution in [0.2, 0.25) is 0 Å². The van der Waals surface area contributed by atoms with Crippen LogP contribution in [0.4, 0.5) is 0 Å². The number of hydrogen-bond donors (Lipinski definition) is 3. The normalized spacial score (nSPS) is 14.3. The molecule has 0 amide bonds. The second kappa shape index (κ2) is 81.8. The summed E-state index contributed by atoms with van der Waals surface area (Å²) in [6, 6.07) is 0. The Kier molecular flexibility index (Phi) is 80.4. The number of rotatable bonds is 90. The lowest BCUT2D eigenvalue weighted by Gasteiger charge is -2.21. The monoisotopic (exact) mass is 1620 g/mol. The third-order valence-electron chi connectivity index (χ3n) is 22.4. The Labute approximate surface area is 683 Å². The van der Waals surface area contributed by atoms with E-state index < -0.39 is 97.5 Å². The van der Waals surface area contributed by atoms with E-state index in [0.29, 0.717) is 25.7 Å². The largest absolute Gasteiger partial charge is 0.472 e. The number of carbonyl (C=O) groups excluding carboxylic acids is 4. The lowest BCUT2D eigenvalue weighted by Crippen LogP contribution is -2.30. The fourth-order valence-electron chi connectivity index (χ4n) is 14.4. The van der Waals surface area contributed by atoms with E-state index in [1.165, 1.54) is 302 Å². The average Bonchev–Trinajstić information content (AvgIpc) is 0.899. The highest BCUT2D eigenvalue weighted by Gasteiger charge is 2.31. The molecule has 0 saturated heterocycles. The van der Waals surface area contributed by atoms with Crippen molar-refractivity contribution in [2.75, 3.05) is 39.6 Å². The van der Waals surface area contributed by atoms with Crippen LogP contribution in [0.15, 0.2) is 0 Å². The van der Waals surface area contributed by atoms with Gasteiger partial charge in [-0.2, -0.15) is 0 Å². The number of unbranched alkanes of at least 4 members (excludes halogenated alkanes) is 56. The summed E-state index contributed by atoms with van der Waals surface area (Å²) < 4.78 is 69.1. The van der Waals surface area contributed by atoms with E-state index in [4.69, 9.17) is 37.0 Å². The molecule has 19 heteroatoms. The van der Waals surface area contributed by atoms with Gasteiger partial charge in [-0.15, -0.1) is 0 Å². The van der Waals surface area contributed by atoms with Gasteiger partial charge in [-0.05, 0) is 43.4 Å². The lowest BCUT2D eigenvalue weighted by molar-refractivity contribution is -0.161. The van der Waals surface area contributed by atoms with Gasteiger partial charge in [0.05, 0.1) is 26.4 Å². The van der Waals surface area contributed by atoms with E-state index in [-0.39, 0.29) is 25.7 Å². The van der Waals surface area contributed by atoms with Crippen LogP contribution < -0.4 is 0 Å². The SMILES string of the molecule is CCCCCCCCCCCCCCCCCCC(=O)O[C@H](COC(=O)CCCCCCCCCCC(C)CC)COP(=O)(O)OC[C@H](O)COP(=O)(O)OC[C@@H](COC(=O)CCCCCCCCCCCCCCCCCCCCC(C)C)OC(=O)CCCCCCCCCCCCCCCCCCCCC(C)CC. The first-order valence-corrected chi connectivity index (χ1v) is 50.4. The van der Waals surface area contributed by atoms with E-state index in [1.54, 1.807) is 0 Å². The molecule has 4 unspecified atom stereocenters. The van der Waals surface area contributed by atoms with E-state index in [2.05, 4.69) is 48.5 Å². The van der Waals surface area contributed by atoms with Crippen LogP contribution in [0.3, 0.4) is 0 Å². The Bertz CT molecular complexity index is 2130. The van der Waals surface area contributed by atoms with Gasteiger partial charge in [-0.25, -0.2) is 9.13 Å². The molecule has 0 fully saturated rings. The van der Waals surface area contributed by atoms with Crippen molar-refractivity contribution in [3.8, 4) is 0 Å². The van der Waals surface area contributed by atoms with Gasteiger partial charge in [-0.3, -0.25) is 37.3 Å². The first-order valence-electron chi connectivity index (χ1n) is 47.4. The van der Waals surface area contributed by atoms with Gasteiger partial charge >= 0.3 is 39.5 Å². The van der Waals surface area contributed by atoms with Crippen LogP contribution in [0.5, 0.6) is 0 Å². The summed E-state index contributed by atoms with van der Waals surface area (Å²) in [7, 11) is -9.94. The van der Waals surface area contributed by atoms with E-state index in [9.17, 15) is 43.2 Å². The van der Waals surface area contributed by atoms with Gasteiger partial charge in [0.15, 0.2) is 12.2 Å². The highest BCUT2D eigenvalue weighted by atomic mass is 31.2. The molecule has 0 heterocycles. The van der Waals surface area contributed by atoms with Crippen molar-refractivity contribution in [3.05, 3.63) is 0 Å². The topological polar surface area (TPSA) is 237 Å². The molecule has 111 heavy (non-hydrogen) atoms. The number of hydrogen-bond acceptors (Lipinski definition) is 15. The minimum atomic E-state index is -4.97. The van der Waals surface area contributed by atoms with Gasteiger partial charge in [0.2, 0.25) is 0 Å². The molecule has 0 aromatic heterocycles. The van der Waals surface area contributed by atoms with Crippen LogP contribution in [0.1, 0.15) is 492 Å². The molecule has 660 valence electrons. The third-order valence-corrected chi connectivity index (χ3v) is 24.3. The summed E-state index contributed by atoms with van der Waals surface area (Å²) in [4.78, 5) is 73.5. The molecule has 0 saturated carbocycles. The van der Waals surface area contributed by atoms with Gasteiger partial charge in [0.1, 0.15) is 19.3 Å². The van der Waals surface area contributed by atoms with Crippen molar-refractivity contribution in [1.29, 1.82) is 0 Å². The summed E-state index contributed by atoms with van der Waals surface area (Å²) >= 11 is 0. The molecular weight excluding hydrogens is 1440 g/mol. The molecule has 0 aliphatic rings. The second-order valence-electron chi connectivity index (χ2n) is 34.0. The van der Waals surface area contributed by atoms with Crippen molar-refractivity contribution in [1.82, 2.24) is 0 Å². The fourth-order valence-corrected chi connectivity index (χ4v) is 15.9.